The number of β-lactam (4-membered cyclic amide) rings is 1. The third-order valence-corrected chi connectivity index (χ3v) is 2.29. The lowest BCUT2D eigenvalue weighted by Gasteiger charge is -2.40. The average Bonchev–Trinajstić information content (AvgIpc) is 2.11. The second-order valence-corrected chi connectivity index (χ2v) is 3.25. The highest BCUT2D eigenvalue weighted by Gasteiger charge is 2.35. The highest BCUT2D eigenvalue weighted by Crippen LogP contribution is 2.16. The fourth-order valence-corrected chi connectivity index (χ4v) is 1.45. The van der Waals surface area contributed by atoms with Gasteiger partial charge in [0, 0.05) is 13.0 Å². The van der Waals surface area contributed by atoms with Crippen LogP contribution >= 0.6 is 0 Å². The van der Waals surface area contributed by atoms with Crippen LogP contribution in [0.3, 0.4) is 0 Å². The first-order valence-corrected chi connectivity index (χ1v) is 4.46. The average molecular weight is 201 g/mol. The first-order valence-electron chi connectivity index (χ1n) is 4.46. The van der Waals surface area contributed by atoms with Crippen molar-refractivity contribution in [2.75, 3.05) is 13.1 Å². The SMILES string of the molecule is NCCC(O)C(C(=O)[O-])N1CCC1=O. The number of carboxylic acid groups (broad SMARTS) is 1. The number of aliphatic hydroxyl groups excluding tert-OH is 1. The summed E-state index contributed by atoms with van der Waals surface area (Å²) in [5, 5.41) is 20.1. The third kappa shape index (κ3) is 2.02. The molecule has 80 valence electrons. The predicted molar refractivity (Wildman–Crippen MR) is 44.8 cm³/mol. The van der Waals surface area contributed by atoms with Gasteiger partial charge < -0.3 is 25.6 Å². The van der Waals surface area contributed by atoms with Gasteiger partial charge in [-0.25, -0.2) is 0 Å². The zero-order chi connectivity index (χ0) is 10.7. The minimum absolute atomic E-state index is 0.141. The quantitative estimate of drug-likeness (QED) is 0.462. The van der Waals surface area contributed by atoms with Gasteiger partial charge in [0.1, 0.15) is 0 Å². The molecule has 1 amide bonds. The van der Waals surface area contributed by atoms with Crippen molar-refractivity contribution in [3.63, 3.8) is 0 Å². The van der Waals surface area contributed by atoms with Gasteiger partial charge in [0.05, 0.1) is 18.1 Å². The van der Waals surface area contributed by atoms with Crippen molar-refractivity contribution in [2.45, 2.75) is 25.0 Å². The largest absolute Gasteiger partial charge is 0.548 e. The molecular weight excluding hydrogens is 188 g/mol. The lowest BCUT2D eigenvalue weighted by atomic mass is 10.0. The van der Waals surface area contributed by atoms with E-state index in [1.807, 2.05) is 0 Å². The van der Waals surface area contributed by atoms with E-state index in [-0.39, 0.29) is 18.9 Å². The Kier molecular flexibility index (Phi) is 3.43. The zero-order valence-electron chi connectivity index (χ0n) is 7.68. The number of carboxylic acids is 1. The second kappa shape index (κ2) is 4.39. The Balaban J connectivity index is 2.63. The zero-order valence-corrected chi connectivity index (χ0v) is 7.68. The van der Waals surface area contributed by atoms with Gasteiger partial charge in [-0.15, -0.1) is 0 Å². The number of hydrogen-bond donors (Lipinski definition) is 2. The Hall–Kier alpha value is -1.14. The molecule has 6 nitrogen and oxygen atoms in total. The monoisotopic (exact) mass is 201 g/mol. The summed E-state index contributed by atoms with van der Waals surface area (Å²) in [6, 6.07) is -1.25. The molecule has 2 unspecified atom stereocenters. The summed E-state index contributed by atoms with van der Waals surface area (Å²) in [6.07, 6.45) is -0.670. The van der Waals surface area contributed by atoms with Crippen LogP contribution in [0.25, 0.3) is 0 Å². The molecular formula is C8H13N2O4-. The van der Waals surface area contributed by atoms with E-state index in [1.54, 1.807) is 0 Å². The molecule has 0 aromatic heterocycles. The number of hydrogen-bond acceptors (Lipinski definition) is 5. The van der Waals surface area contributed by atoms with E-state index in [1.165, 1.54) is 0 Å². The summed E-state index contributed by atoms with van der Waals surface area (Å²) < 4.78 is 0. The third-order valence-electron chi connectivity index (χ3n) is 2.29. The van der Waals surface area contributed by atoms with E-state index in [4.69, 9.17) is 5.73 Å². The molecule has 0 radical (unpaired) electrons. The number of carbonyl (C=O) groups is 2. The van der Waals surface area contributed by atoms with Crippen molar-refractivity contribution in [3.05, 3.63) is 0 Å². The molecule has 0 aliphatic carbocycles. The van der Waals surface area contributed by atoms with Crippen LogP contribution in [-0.2, 0) is 9.59 Å². The molecule has 3 N–H and O–H groups in total. The van der Waals surface area contributed by atoms with E-state index >= 15 is 0 Å². The Labute approximate surface area is 81.3 Å². The molecule has 0 saturated carbocycles. The van der Waals surface area contributed by atoms with Gasteiger partial charge in [0.25, 0.3) is 0 Å². The molecule has 0 spiro atoms. The Morgan fingerprint density at radius 1 is 1.71 bits per heavy atom. The fourth-order valence-electron chi connectivity index (χ4n) is 1.45. The van der Waals surface area contributed by atoms with Crippen molar-refractivity contribution >= 4 is 11.9 Å². The minimum Gasteiger partial charge on any atom is -0.548 e. The van der Waals surface area contributed by atoms with Crippen LogP contribution in [0.15, 0.2) is 0 Å². The van der Waals surface area contributed by atoms with Gasteiger partial charge in [-0.2, -0.15) is 0 Å². The first-order chi connectivity index (χ1) is 6.57. The Bertz CT molecular complexity index is 243. The smallest absolute Gasteiger partial charge is 0.225 e. The van der Waals surface area contributed by atoms with Gasteiger partial charge in [0.2, 0.25) is 5.91 Å². The molecule has 0 aromatic carbocycles. The van der Waals surface area contributed by atoms with Crippen LogP contribution in [-0.4, -0.2) is 47.1 Å². The fraction of sp³-hybridized carbons (Fsp3) is 0.750. The van der Waals surface area contributed by atoms with E-state index in [9.17, 15) is 19.8 Å². The first kappa shape index (κ1) is 10.9. The van der Waals surface area contributed by atoms with Gasteiger partial charge in [0.15, 0.2) is 0 Å². The molecule has 2 atom stereocenters. The lowest BCUT2D eigenvalue weighted by molar-refractivity contribution is -0.314. The van der Waals surface area contributed by atoms with Crippen LogP contribution in [0, 0.1) is 0 Å². The summed E-state index contributed by atoms with van der Waals surface area (Å²) in [4.78, 5) is 22.8. The number of rotatable bonds is 5. The topological polar surface area (TPSA) is 107 Å². The van der Waals surface area contributed by atoms with Gasteiger partial charge in [-0.1, -0.05) is 0 Å². The van der Waals surface area contributed by atoms with Crippen molar-refractivity contribution in [2.24, 2.45) is 5.73 Å². The number of aliphatic carboxylic acids is 1. The van der Waals surface area contributed by atoms with Gasteiger partial charge in [-0.3, -0.25) is 4.79 Å². The molecule has 1 saturated heterocycles. The van der Waals surface area contributed by atoms with Gasteiger partial charge in [-0.05, 0) is 13.0 Å². The lowest BCUT2D eigenvalue weighted by Crippen LogP contribution is -2.61. The van der Waals surface area contributed by atoms with Crippen molar-refractivity contribution in [3.8, 4) is 0 Å². The maximum Gasteiger partial charge on any atom is 0.225 e. The van der Waals surface area contributed by atoms with Crippen LogP contribution in [0.4, 0.5) is 0 Å². The van der Waals surface area contributed by atoms with Gasteiger partial charge >= 0.3 is 0 Å². The van der Waals surface area contributed by atoms with Crippen LogP contribution in [0.5, 0.6) is 0 Å². The maximum atomic E-state index is 11.0. The Morgan fingerprint density at radius 2 is 2.36 bits per heavy atom. The second-order valence-electron chi connectivity index (χ2n) is 3.25. The summed E-state index contributed by atoms with van der Waals surface area (Å²) in [5.41, 5.74) is 5.18. The number of carbonyl (C=O) groups excluding carboxylic acids is 2. The molecule has 14 heavy (non-hydrogen) atoms. The number of likely N-dealkylation sites (tertiary alicyclic amines) is 1. The number of aliphatic hydroxyl groups is 1. The normalized spacial score (nSPS) is 20.1. The molecule has 6 heteroatoms. The highest BCUT2D eigenvalue weighted by atomic mass is 16.4. The number of nitrogens with zero attached hydrogens (tertiary/aromatic N) is 1. The molecule has 1 aliphatic rings. The van der Waals surface area contributed by atoms with Crippen molar-refractivity contribution in [1.29, 1.82) is 0 Å². The Morgan fingerprint density at radius 3 is 2.64 bits per heavy atom. The highest BCUT2D eigenvalue weighted by molar-refractivity contribution is 5.87. The van der Waals surface area contributed by atoms with Crippen LogP contribution < -0.4 is 10.8 Å². The van der Waals surface area contributed by atoms with E-state index in [2.05, 4.69) is 0 Å². The number of amides is 1. The minimum atomic E-state index is -1.43. The van der Waals surface area contributed by atoms with E-state index in [0.29, 0.717) is 13.0 Å². The molecule has 1 rings (SSSR count). The maximum absolute atomic E-state index is 11.0. The van der Waals surface area contributed by atoms with Crippen LogP contribution in [0.1, 0.15) is 12.8 Å². The standard InChI is InChI=1S/C8H14N2O4/c9-3-1-5(11)7(8(13)14)10-4-2-6(10)12/h5,7,11H,1-4,9H2,(H,13,14)/p-1. The molecule has 0 bridgehead atoms. The van der Waals surface area contributed by atoms with E-state index in [0.717, 1.165) is 4.90 Å². The van der Waals surface area contributed by atoms with Crippen molar-refractivity contribution < 1.29 is 19.8 Å². The summed E-state index contributed by atoms with van der Waals surface area (Å²) in [5.74, 6) is -1.70. The molecule has 1 aliphatic heterocycles. The van der Waals surface area contributed by atoms with Crippen molar-refractivity contribution in [1.82, 2.24) is 4.90 Å². The molecule has 1 fully saturated rings. The molecule has 1 heterocycles. The summed E-state index contributed by atoms with van der Waals surface area (Å²) in [7, 11) is 0. The summed E-state index contributed by atoms with van der Waals surface area (Å²) >= 11 is 0. The predicted octanol–water partition coefficient (Wildman–Crippen LogP) is -2.95. The number of nitrogens with two attached hydrogens (primary N) is 1. The van der Waals surface area contributed by atoms with E-state index < -0.39 is 18.1 Å². The molecule has 0 aromatic rings. The summed E-state index contributed by atoms with van der Waals surface area (Å²) in [6.45, 7) is 0.534. The van der Waals surface area contributed by atoms with Crippen LogP contribution in [0.2, 0.25) is 0 Å².